The van der Waals surface area contributed by atoms with Crippen molar-refractivity contribution in [3.05, 3.63) is 88.7 Å². The molecule has 1 atom stereocenters. The van der Waals surface area contributed by atoms with E-state index in [1.165, 1.54) is 11.8 Å². The number of hydrogen-bond donors (Lipinski definition) is 1. The van der Waals surface area contributed by atoms with Gasteiger partial charge in [-0.15, -0.1) is 10.2 Å². The Kier molecular flexibility index (Phi) is 7.09. The van der Waals surface area contributed by atoms with Crippen molar-refractivity contribution in [1.82, 2.24) is 19.7 Å². The van der Waals surface area contributed by atoms with Gasteiger partial charge in [0.1, 0.15) is 0 Å². The zero-order valence-electron chi connectivity index (χ0n) is 17.1. The molecule has 0 aliphatic heterocycles. The lowest BCUT2D eigenvalue weighted by molar-refractivity contribution is -0.115. The van der Waals surface area contributed by atoms with Crippen LogP contribution in [-0.4, -0.2) is 30.9 Å². The van der Waals surface area contributed by atoms with Crippen molar-refractivity contribution in [2.45, 2.75) is 23.9 Å². The van der Waals surface area contributed by atoms with Gasteiger partial charge in [0.15, 0.2) is 11.0 Å². The molecule has 9 heteroatoms. The Morgan fingerprint density at radius 1 is 1.06 bits per heavy atom. The number of benzene rings is 2. The van der Waals surface area contributed by atoms with Crippen molar-refractivity contribution in [2.24, 2.45) is 0 Å². The first-order valence-electron chi connectivity index (χ1n) is 9.82. The van der Waals surface area contributed by atoms with Crippen molar-refractivity contribution >= 4 is 46.6 Å². The van der Waals surface area contributed by atoms with Gasteiger partial charge in [-0.2, -0.15) is 0 Å². The van der Waals surface area contributed by atoms with Crippen LogP contribution in [0.4, 0.5) is 5.69 Å². The third-order valence-corrected chi connectivity index (χ3v) is 6.58. The first kappa shape index (κ1) is 22.3. The summed E-state index contributed by atoms with van der Waals surface area (Å²) in [5.74, 6) is 0.478. The number of hydrogen-bond acceptors (Lipinski definition) is 5. The molecule has 1 amide bonds. The molecule has 4 rings (SSSR count). The number of carbonyl (C=O) groups excluding carboxylic acids is 1. The Morgan fingerprint density at radius 3 is 2.62 bits per heavy atom. The third-order valence-electron chi connectivity index (χ3n) is 4.68. The highest BCUT2D eigenvalue weighted by molar-refractivity contribution is 8.00. The van der Waals surface area contributed by atoms with E-state index in [2.05, 4.69) is 20.5 Å². The van der Waals surface area contributed by atoms with Crippen molar-refractivity contribution in [1.29, 1.82) is 0 Å². The van der Waals surface area contributed by atoms with Crippen LogP contribution >= 0.6 is 35.0 Å². The van der Waals surface area contributed by atoms with E-state index in [9.17, 15) is 4.79 Å². The van der Waals surface area contributed by atoms with Gasteiger partial charge in [-0.1, -0.05) is 71.4 Å². The van der Waals surface area contributed by atoms with Gasteiger partial charge in [0, 0.05) is 18.0 Å². The summed E-state index contributed by atoms with van der Waals surface area (Å²) in [6.07, 6.45) is 3.46. The van der Waals surface area contributed by atoms with E-state index in [1.54, 1.807) is 30.6 Å². The minimum atomic E-state index is -0.453. The fourth-order valence-electron chi connectivity index (χ4n) is 3.04. The lowest BCUT2D eigenvalue weighted by Gasteiger charge is -2.15. The Hall–Kier alpha value is -2.87. The maximum absolute atomic E-state index is 12.8. The van der Waals surface area contributed by atoms with Crippen LogP contribution in [0.2, 0.25) is 10.0 Å². The lowest BCUT2D eigenvalue weighted by atomic mass is 10.2. The van der Waals surface area contributed by atoms with Gasteiger partial charge < -0.3 is 5.32 Å². The molecule has 2 aromatic carbocycles. The van der Waals surface area contributed by atoms with Crippen LogP contribution in [0.15, 0.2) is 78.2 Å². The number of carbonyl (C=O) groups is 1. The second-order valence-corrected chi connectivity index (χ2v) is 9.06. The van der Waals surface area contributed by atoms with E-state index in [1.807, 2.05) is 54.0 Å². The average Bonchev–Trinajstić information content (AvgIpc) is 3.20. The topological polar surface area (TPSA) is 72.7 Å². The highest BCUT2D eigenvalue weighted by Crippen LogP contribution is 2.31. The van der Waals surface area contributed by atoms with Gasteiger partial charge in [0.25, 0.3) is 0 Å². The maximum Gasteiger partial charge on any atom is 0.237 e. The molecule has 32 heavy (non-hydrogen) atoms. The van der Waals surface area contributed by atoms with E-state index in [4.69, 9.17) is 23.2 Å². The van der Waals surface area contributed by atoms with Crippen molar-refractivity contribution in [3.63, 3.8) is 0 Å². The van der Waals surface area contributed by atoms with E-state index in [-0.39, 0.29) is 5.91 Å². The number of anilines is 1. The minimum Gasteiger partial charge on any atom is -0.324 e. The van der Waals surface area contributed by atoms with Crippen LogP contribution in [0.5, 0.6) is 0 Å². The zero-order valence-corrected chi connectivity index (χ0v) is 19.4. The molecule has 162 valence electrons. The normalized spacial score (nSPS) is 11.8. The number of halogens is 2. The monoisotopic (exact) mass is 483 g/mol. The predicted molar refractivity (Wildman–Crippen MR) is 129 cm³/mol. The molecule has 2 heterocycles. The van der Waals surface area contributed by atoms with Crippen molar-refractivity contribution in [3.8, 4) is 11.4 Å². The summed E-state index contributed by atoms with van der Waals surface area (Å²) >= 11 is 13.6. The van der Waals surface area contributed by atoms with Crippen LogP contribution < -0.4 is 5.32 Å². The molecule has 0 saturated carbocycles. The molecular formula is C23H19Cl2N5OS. The zero-order chi connectivity index (χ0) is 22.5. The highest BCUT2D eigenvalue weighted by Gasteiger charge is 2.22. The fourth-order valence-corrected chi connectivity index (χ4v) is 4.24. The molecule has 0 spiro atoms. The number of pyridine rings is 1. The van der Waals surface area contributed by atoms with Crippen LogP contribution in [-0.2, 0) is 11.3 Å². The average molecular weight is 484 g/mol. The quantitative estimate of drug-likeness (QED) is 0.335. The summed E-state index contributed by atoms with van der Waals surface area (Å²) in [5.41, 5.74) is 2.42. The number of rotatable bonds is 7. The van der Waals surface area contributed by atoms with Gasteiger partial charge >= 0.3 is 0 Å². The molecule has 1 N–H and O–H groups in total. The molecule has 4 aromatic rings. The van der Waals surface area contributed by atoms with E-state index in [0.717, 1.165) is 11.1 Å². The first-order valence-corrected chi connectivity index (χ1v) is 11.5. The SMILES string of the molecule is CC(Sc1nnc(-c2cccnc2)n1Cc1ccccc1)C(=O)Nc1cccc(Cl)c1Cl. The molecule has 0 fully saturated rings. The molecule has 1 unspecified atom stereocenters. The number of thioether (sulfide) groups is 1. The number of nitrogens with zero attached hydrogens (tertiary/aromatic N) is 4. The van der Waals surface area contributed by atoms with Crippen molar-refractivity contribution in [2.75, 3.05) is 5.32 Å². The van der Waals surface area contributed by atoms with Gasteiger partial charge in [-0.05, 0) is 36.8 Å². The molecule has 0 radical (unpaired) electrons. The standard InChI is InChI=1S/C23H19Cl2N5OS/c1-15(22(31)27-19-11-5-10-18(24)20(19)25)32-23-29-28-21(17-9-6-12-26-13-17)30(23)14-16-7-3-2-4-8-16/h2-13,15H,14H2,1H3,(H,27,31). The van der Waals surface area contributed by atoms with Gasteiger partial charge in [-0.25, -0.2) is 0 Å². The number of amides is 1. The summed E-state index contributed by atoms with van der Waals surface area (Å²) in [4.78, 5) is 17.0. The van der Waals surface area contributed by atoms with Gasteiger partial charge in [-0.3, -0.25) is 14.3 Å². The molecule has 0 bridgehead atoms. The van der Waals surface area contributed by atoms with Crippen LogP contribution in [0.25, 0.3) is 11.4 Å². The van der Waals surface area contributed by atoms with E-state index >= 15 is 0 Å². The van der Waals surface area contributed by atoms with Gasteiger partial charge in [0.2, 0.25) is 5.91 Å². The minimum absolute atomic E-state index is 0.212. The number of nitrogens with one attached hydrogen (secondary N) is 1. The second-order valence-electron chi connectivity index (χ2n) is 6.97. The molecule has 0 aliphatic rings. The van der Waals surface area contributed by atoms with Crippen LogP contribution in [0.1, 0.15) is 12.5 Å². The number of aromatic nitrogens is 4. The molecule has 0 saturated heterocycles. The maximum atomic E-state index is 12.8. The first-order chi connectivity index (χ1) is 15.5. The van der Waals surface area contributed by atoms with E-state index in [0.29, 0.717) is 33.3 Å². The lowest BCUT2D eigenvalue weighted by Crippen LogP contribution is -2.23. The Morgan fingerprint density at radius 2 is 1.88 bits per heavy atom. The molecule has 6 nitrogen and oxygen atoms in total. The van der Waals surface area contributed by atoms with Crippen LogP contribution in [0.3, 0.4) is 0 Å². The largest absolute Gasteiger partial charge is 0.324 e. The van der Waals surface area contributed by atoms with Crippen molar-refractivity contribution < 1.29 is 4.79 Å². The Bertz CT molecular complexity index is 1220. The van der Waals surface area contributed by atoms with Gasteiger partial charge in [0.05, 0.1) is 27.5 Å². The molecular weight excluding hydrogens is 465 g/mol. The van der Waals surface area contributed by atoms with E-state index < -0.39 is 5.25 Å². The Labute approximate surface area is 200 Å². The summed E-state index contributed by atoms with van der Waals surface area (Å²) in [7, 11) is 0. The molecule has 2 aromatic heterocycles. The molecule has 0 aliphatic carbocycles. The van der Waals surface area contributed by atoms with Crippen LogP contribution in [0, 0.1) is 0 Å². The predicted octanol–water partition coefficient (Wildman–Crippen LogP) is 5.81. The summed E-state index contributed by atoms with van der Waals surface area (Å²) in [5, 5.41) is 12.5. The highest BCUT2D eigenvalue weighted by atomic mass is 35.5. The summed E-state index contributed by atoms with van der Waals surface area (Å²) in [6, 6.07) is 18.9. The Balaban J connectivity index is 1.59. The summed E-state index contributed by atoms with van der Waals surface area (Å²) < 4.78 is 1.99. The second kappa shape index (κ2) is 10.2. The summed E-state index contributed by atoms with van der Waals surface area (Å²) in [6.45, 7) is 2.37. The third kappa shape index (κ3) is 5.12. The smallest absolute Gasteiger partial charge is 0.237 e. The fraction of sp³-hybridized carbons (Fsp3) is 0.130.